The van der Waals surface area contributed by atoms with Crippen LogP contribution in [0.3, 0.4) is 0 Å². The number of amides is 1. The molecule has 1 amide bonds. The normalized spacial score (nSPS) is 12.2. The molecule has 2 aromatic rings. The summed E-state index contributed by atoms with van der Waals surface area (Å²) >= 11 is 0. The summed E-state index contributed by atoms with van der Waals surface area (Å²) in [5, 5.41) is 2.65. The number of anilines is 1. The number of ether oxygens (including phenoxy) is 4. The van der Waals surface area contributed by atoms with E-state index in [1.165, 1.54) is 19.2 Å². The molecule has 3 rings (SSSR count). The summed E-state index contributed by atoms with van der Waals surface area (Å²) in [4.78, 5) is 12.1. The van der Waals surface area contributed by atoms with Crippen LogP contribution in [0.15, 0.2) is 36.4 Å². The van der Waals surface area contributed by atoms with E-state index in [4.69, 9.17) is 14.2 Å². The van der Waals surface area contributed by atoms with Gasteiger partial charge in [-0.3, -0.25) is 4.79 Å². The minimum atomic E-state index is -2.99. The van der Waals surface area contributed by atoms with E-state index in [0.29, 0.717) is 23.6 Å². The van der Waals surface area contributed by atoms with Crippen LogP contribution < -0.4 is 24.3 Å². The van der Waals surface area contributed by atoms with Crippen LogP contribution in [0.1, 0.15) is 12.0 Å². The number of rotatable bonds is 7. The lowest BCUT2D eigenvalue weighted by atomic mass is 10.1. The second-order valence-electron chi connectivity index (χ2n) is 5.48. The minimum Gasteiger partial charge on any atom is -0.493 e. The Labute approximate surface area is 148 Å². The van der Waals surface area contributed by atoms with Gasteiger partial charge in [0.2, 0.25) is 12.7 Å². The number of benzene rings is 2. The average molecular weight is 365 g/mol. The van der Waals surface area contributed by atoms with E-state index in [9.17, 15) is 13.6 Å². The highest BCUT2D eigenvalue weighted by Crippen LogP contribution is 2.33. The molecule has 0 aliphatic carbocycles. The van der Waals surface area contributed by atoms with Crippen molar-refractivity contribution < 1.29 is 32.5 Å². The van der Waals surface area contributed by atoms with Crippen LogP contribution in [0, 0.1) is 0 Å². The van der Waals surface area contributed by atoms with Gasteiger partial charge in [0.25, 0.3) is 0 Å². The summed E-state index contributed by atoms with van der Waals surface area (Å²) in [6.07, 6.45) is 0.718. The number of hydrogen-bond acceptors (Lipinski definition) is 5. The Kier molecular flexibility index (Phi) is 5.40. The number of alkyl halides is 2. The number of methoxy groups -OCH3 is 1. The van der Waals surface area contributed by atoms with Crippen LogP contribution in [0.4, 0.5) is 14.5 Å². The third-order valence-electron chi connectivity index (χ3n) is 3.74. The Bertz CT molecular complexity index is 797. The van der Waals surface area contributed by atoms with Crippen molar-refractivity contribution in [3.8, 4) is 23.0 Å². The predicted molar refractivity (Wildman–Crippen MR) is 89.1 cm³/mol. The molecular weight excluding hydrogens is 348 g/mol. The molecule has 1 heterocycles. The van der Waals surface area contributed by atoms with Gasteiger partial charge in [0.15, 0.2) is 23.0 Å². The van der Waals surface area contributed by atoms with E-state index < -0.39 is 6.61 Å². The molecule has 8 heteroatoms. The smallest absolute Gasteiger partial charge is 0.387 e. The molecule has 138 valence electrons. The molecule has 0 atom stereocenters. The maximum absolute atomic E-state index is 12.4. The number of hydrogen-bond donors (Lipinski definition) is 1. The fourth-order valence-electron chi connectivity index (χ4n) is 2.52. The molecule has 0 saturated carbocycles. The van der Waals surface area contributed by atoms with Gasteiger partial charge in [-0.25, -0.2) is 0 Å². The molecule has 0 spiro atoms. The zero-order valence-electron chi connectivity index (χ0n) is 14.0. The zero-order chi connectivity index (χ0) is 18.5. The number of nitrogens with one attached hydrogen (secondary N) is 1. The van der Waals surface area contributed by atoms with Crippen LogP contribution in [0.25, 0.3) is 0 Å². The Hall–Kier alpha value is -3.03. The zero-order valence-corrected chi connectivity index (χ0v) is 14.0. The van der Waals surface area contributed by atoms with Gasteiger partial charge in [0.05, 0.1) is 7.11 Å². The first kappa shape index (κ1) is 17.8. The molecule has 2 aromatic carbocycles. The second kappa shape index (κ2) is 7.90. The first-order valence-corrected chi connectivity index (χ1v) is 7.86. The highest BCUT2D eigenvalue weighted by molar-refractivity contribution is 5.91. The molecule has 1 aliphatic rings. The summed E-state index contributed by atoms with van der Waals surface area (Å²) in [6, 6.07) is 9.79. The number of carbonyl (C=O) groups is 1. The van der Waals surface area contributed by atoms with E-state index in [0.717, 1.165) is 5.56 Å². The van der Waals surface area contributed by atoms with Gasteiger partial charge in [0, 0.05) is 18.2 Å². The van der Waals surface area contributed by atoms with Crippen LogP contribution in [0.2, 0.25) is 0 Å². The van der Waals surface area contributed by atoms with Crippen molar-refractivity contribution in [2.24, 2.45) is 0 Å². The van der Waals surface area contributed by atoms with Gasteiger partial charge < -0.3 is 24.3 Å². The van der Waals surface area contributed by atoms with Gasteiger partial charge in [-0.05, 0) is 36.2 Å². The van der Waals surface area contributed by atoms with Crippen molar-refractivity contribution in [2.75, 3.05) is 19.2 Å². The number of carbonyl (C=O) groups excluding carboxylic acids is 1. The SMILES string of the molecule is COc1ccc(NC(=O)CCc2ccc3c(c2)OCO3)cc1OC(F)F. The molecule has 0 radical (unpaired) electrons. The van der Waals surface area contributed by atoms with E-state index in [1.54, 1.807) is 12.1 Å². The van der Waals surface area contributed by atoms with Crippen molar-refractivity contribution in [2.45, 2.75) is 19.5 Å². The lowest BCUT2D eigenvalue weighted by molar-refractivity contribution is -0.116. The summed E-state index contributed by atoms with van der Waals surface area (Å²) in [7, 11) is 1.34. The first-order valence-electron chi connectivity index (χ1n) is 7.86. The molecule has 26 heavy (non-hydrogen) atoms. The van der Waals surface area contributed by atoms with E-state index >= 15 is 0 Å². The number of aryl methyl sites for hydroxylation is 1. The molecule has 6 nitrogen and oxygen atoms in total. The molecule has 0 bridgehead atoms. The highest BCUT2D eigenvalue weighted by Gasteiger charge is 2.15. The summed E-state index contributed by atoms with van der Waals surface area (Å²) in [6.45, 7) is -2.79. The summed E-state index contributed by atoms with van der Waals surface area (Å²) in [5.74, 6) is 1.10. The Balaban J connectivity index is 1.59. The number of fused-ring (bicyclic) bond motifs is 1. The van der Waals surface area contributed by atoms with Crippen LogP contribution in [0.5, 0.6) is 23.0 Å². The summed E-state index contributed by atoms with van der Waals surface area (Å²) < 4.78 is 44.8. The molecule has 1 aliphatic heterocycles. The Morgan fingerprint density at radius 3 is 2.73 bits per heavy atom. The van der Waals surface area contributed by atoms with Crippen LogP contribution in [-0.2, 0) is 11.2 Å². The van der Waals surface area contributed by atoms with Crippen LogP contribution in [-0.4, -0.2) is 26.4 Å². The first-order chi connectivity index (χ1) is 12.5. The fourth-order valence-corrected chi connectivity index (χ4v) is 2.52. The van der Waals surface area contributed by atoms with E-state index in [1.807, 2.05) is 12.1 Å². The standard InChI is InChI=1S/C18H17F2NO5/c1-23-13-6-4-12(9-16(13)26-18(19)20)21-17(22)7-3-11-2-5-14-15(8-11)25-10-24-14/h2,4-6,8-9,18H,3,7,10H2,1H3,(H,21,22). The van der Waals surface area contributed by atoms with Gasteiger partial charge in [-0.1, -0.05) is 6.07 Å². The van der Waals surface area contributed by atoms with Crippen molar-refractivity contribution in [1.82, 2.24) is 0 Å². The van der Waals surface area contributed by atoms with Gasteiger partial charge in [-0.15, -0.1) is 0 Å². The lowest BCUT2D eigenvalue weighted by Crippen LogP contribution is -2.13. The van der Waals surface area contributed by atoms with Gasteiger partial charge in [-0.2, -0.15) is 8.78 Å². The Morgan fingerprint density at radius 2 is 1.96 bits per heavy atom. The fraction of sp³-hybridized carbons (Fsp3) is 0.278. The van der Waals surface area contributed by atoms with Gasteiger partial charge in [0.1, 0.15) is 0 Å². The topological polar surface area (TPSA) is 66.0 Å². The van der Waals surface area contributed by atoms with Crippen molar-refractivity contribution in [3.63, 3.8) is 0 Å². The quantitative estimate of drug-likeness (QED) is 0.812. The van der Waals surface area contributed by atoms with E-state index in [-0.39, 0.29) is 30.6 Å². The highest BCUT2D eigenvalue weighted by atomic mass is 19.3. The summed E-state index contributed by atoms with van der Waals surface area (Å²) in [5.41, 5.74) is 1.28. The van der Waals surface area contributed by atoms with Gasteiger partial charge >= 0.3 is 6.61 Å². The maximum Gasteiger partial charge on any atom is 0.387 e. The predicted octanol–water partition coefficient (Wildman–Crippen LogP) is 3.60. The average Bonchev–Trinajstić information content (AvgIpc) is 3.07. The minimum absolute atomic E-state index is 0.143. The Morgan fingerprint density at radius 1 is 1.15 bits per heavy atom. The maximum atomic E-state index is 12.4. The van der Waals surface area contributed by atoms with E-state index in [2.05, 4.69) is 10.1 Å². The largest absolute Gasteiger partial charge is 0.493 e. The molecule has 0 unspecified atom stereocenters. The molecule has 0 saturated heterocycles. The molecular formula is C18H17F2NO5. The van der Waals surface area contributed by atoms with Crippen molar-refractivity contribution >= 4 is 11.6 Å². The van der Waals surface area contributed by atoms with Crippen molar-refractivity contribution in [3.05, 3.63) is 42.0 Å². The lowest BCUT2D eigenvalue weighted by Gasteiger charge is -2.12. The third-order valence-corrected chi connectivity index (χ3v) is 3.74. The number of halogens is 2. The second-order valence-corrected chi connectivity index (χ2v) is 5.48. The monoisotopic (exact) mass is 365 g/mol. The van der Waals surface area contributed by atoms with Crippen molar-refractivity contribution in [1.29, 1.82) is 0 Å². The molecule has 0 aromatic heterocycles. The molecule has 0 fully saturated rings. The van der Waals surface area contributed by atoms with Crippen LogP contribution >= 0.6 is 0 Å². The third kappa shape index (κ3) is 4.33. The molecule has 1 N–H and O–H groups in total.